The highest BCUT2D eigenvalue weighted by molar-refractivity contribution is 5.80. The summed E-state index contributed by atoms with van der Waals surface area (Å²) in [6.45, 7) is 0.691. The second-order valence-electron chi connectivity index (χ2n) is 3.36. The standard InChI is InChI=1S/C10H17N3O2/c1-13-4-3-8(7-13)6-12-10(14)9(5-11)15-2/h3-4,7,9H,5-6,11H2,1-2H3,(H,12,14). The Morgan fingerprint density at radius 2 is 2.47 bits per heavy atom. The predicted octanol–water partition coefficient (Wildman–Crippen LogP) is -0.385. The van der Waals surface area contributed by atoms with Crippen molar-refractivity contribution in [3.8, 4) is 0 Å². The summed E-state index contributed by atoms with van der Waals surface area (Å²) in [6, 6.07) is 1.95. The van der Waals surface area contributed by atoms with E-state index in [1.165, 1.54) is 7.11 Å². The molecule has 0 bridgehead atoms. The second kappa shape index (κ2) is 5.53. The molecule has 1 amide bonds. The maximum Gasteiger partial charge on any atom is 0.250 e. The first-order valence-corrected chi connectivity index (χ1v) is 4.78. The van der Waals surface area contributed by atoms with Crippen molar-refractivity contribution in [3.05, 3.63) is 24.0 Å². The van der Waals surface area contributed by atoms with E-state index >= 15 is 0 Å². The van der Waals surface area contributed by atoms with Crippen LogP contribution in [0.5, 0.6) is 0 Å². The van der Waals surface area contributed by atoms with Gasteiger partial charge < -0.3 is 20.4 Å². The third-order valence-electron chi connectivity index (χ3n) is 2.15. The fourth-order valence-corrected chi connectivity index (χ4v) is 1.28. The van der Waals surface area contributed by atoms with Gasteiger partial charge in [-0.15, -0.1) is 0 Å². The fourth-order valence-electron chi connectivity index (χ4n) is 1.28. The summed E-state index contributed by atoms with van der Waals surface area (Å²) in [5, 5.41) is 2.76. The number of carbonyl (C=O) groups excluding carboxylic acids is 1. The summed E-state index contributed by atoms with van der Waals surface area (Å²) in [7, 11) is 3.41. The molecule has 1 atom stereocenters. The normalized spacial score (nSPS) is 12.5. The molecule has 0 aromatic carbocycles. The molecular formula is C10H17N3O2. The number of methoxy groups -OCH3 is 1. The smallest absolute Gasteiger partial charge is 0.250 e. The molecule has 0 aliphatic rings. The van der Waals surface area contributed by atoms with Gasteiger partial charge in [0.15, 0.2) is 0 Å². The van der Waals surface area contributed by atoms with Crippen LogP contribution in [0, 0.1) is 0 Å². The van der Waals surface area contributed by atoms with Crippen LogP contribution in [-0.2, 0) is 23.1 Å². The lowest BCUT2D eigenvalue weighted by Gasteiger charge is -2.12. The SMILES string of the molecule is COC(CN)C(=O)NCc1ccn(C)c1. The zero-order chi connectivity index (χ0) is 11.3. The zero-order valence-corrected chi connectivity index (χ0v) is 9.06. The maximum atomic E-state index is 11.5. The van der Waals surface area contributed by atoms with Crippen LogP contribution in [0.2, 0.25) is 0 Å². The number of nitrogens with one attached hydrogen (secondary N) is 1. The predicted molar refractivity (Wildman–Crippen MR) is 57.1 cm³/mol. The van der Waals surface area contributed by atoms with Gasteiger partial charge in [0.2, 0.25) is 0 Å². The first kappa shape index (κ1) is 11.7. The number of carbonyl (C=O) groups is 1. The van der Waals surface area contributed by atoms with Crippen LogP contribution in [-0.4, -0.2) is 30.2 Å². The minimum Gasteiger partial charge on any atom is -0.370 e. The molecular weight excluding hydrogens is 194 g/mol. The van der Waals surface area contributed by atoms with Crippen molar-refractivity contribution in [1.82, 2.24) is 9.88 Å². The molecule has 0 aliphatic carbocycles. The number of amides is 1. The van der Waals surface area contributed by atoms with Crippen molar-refractivity contribution >= 4 is 5.91 Å². The van der Waals surface area contributed by atoms with Crippen molar-refractivity contribution in [2.24, 2.45) is 12.8 Å². The highest BCUT2D eigenvalue weighted by atomic mass is 16.5. The van der Waals surface area contributed by atoms with E-state index < -0.39 is 6.10 Å². The number of aromatic nitrogens is 1. The molecule has 0 radical (unpaired) electrons. The van der Waals surface area contributed by atoms with Crippen LogP contribution in [0.25, 0.3) is 0 Å². The van der Waals surface area contributed by atoms with Gasteiger partial charge in [-0.25, -0.2) is 0 Å². The minimum absolute atomic E-state index is 0.177. The second-order valence-corrected chi connectivity index (χ2v) is 3.36. The van der Waals surface area contributed by atoms with Crippen molar-refractivity contribution in [2.45, 2.75) is 12.6 Å². The number of rotatable bonds is 5. The van der Waals surface area contributed by atoms with E-state index in [1.807, 2.05) is 30.1 Å². The van der Waals surface area contributed by atoms with Crippen molar-refractivity contribution < 1.29 is 9.53 Å². The topological polar surface area (TPSA) is 69.3 Å². The van der Waals surface area contributed by atoms with Crippen molar-refractivity contribution in [2.75, 3.05) is 13.7 Å². The molecule has 0 fully saturated rings. The van der Waals surface area contributed by atoms with Crippen LogP contribution in [0.3, 0.4) is 0 Å². The van der Waals surface area contributed by atoms with Gasteiger partial charge in [-0.3, -0.25) is 4.79 Å². The minimum atomic E-state index is -0.561. The molecule has 1 unspecified atom stereocenters. The van der Waals surface area contributed by atoms with Crippen molar-refractivity contribution in [1.29, 1.82) is 0 Å². The number of nitrogens with zero attached hydrogens (tertiary/aromatic N) is 1. The first-order chi connectivity index (χ1) is 7.17. The Labute approximate surface area is 89.2 Å². The largest absolute Gasteiger partial charge is 0.370 e. The summed E-state index contributed by atoms with van der Waals surface area (Å²) in [4.78, 5) is 11.5. The van der Waals surface area contributed by atoms with Crippen LogP contribution >= 0.6 is 0 Å². The third kappa shape index (κ3) is 3.38. The van der Waals surface area contributed by atoms with Gasteiger partial charge in [0.1, 0.15) is 6.10 Å². The van der Waals surface area contributed by atoms with Gasteiger partial charge in [-0.1, -0.05) is 0 Å². The Balaban J connectivity index is 2.40. The summed E-state index contributed by atoms with van der Waals surface area (Å²) in [5.74, 6) is -0.177. The molecule has 3 N–H and O–H groups in total. The van der Waals surface area contributed by atoms with E-state index in [2.05, 4.69) is 5.32 Å². The average molecular weight is 211 g/mol. The molecule has 1 rings (SSSR count). The van der Waals surface area contributed by atoms with Gasteiger partial charge in [-0.2, -0.15) is 0 Å². The Morgan fingerprint density at radius 3 is 2.93 bits per heavy atom. The first-order valence-electron chi connectivity index (χ1n) is 4.78. The molecule has 1 aromatic heterocycles. The summed E-state index contributed by atoms with van der Waals surface area (Å²) in [5.41, 5.74) is 6.42. The molecule has 0 saturated heterocycles. The third-order valence-corrected chi connectivity index (χ3v) is 2.15. The summed E-state index contributed by atoms with van der Waals surface area (Å²) < 4.78 is 6.84. The number of ether oxygens (including phenoxy) is 1. The Hall–Kier alpha value is -1.33. The molecule has 0 aliphatic heterocycles. The highest BCUT2D eigenvalue weighted by Crippen LogP contribution is 1.99. The van der Waals surface area contributed by atoms with Gasteiger partial charge >= 0.3 is 0 Å². The Morgan fingerprint density at radius 1 is 1.73 bits per heavy atom. The van der Waals surface area contributed by atoms with Crippen LogP contribution < -0.4 is 11.1 Å². The van der Waals surface area contributed by atoms with Crippen LogP contribution in [0.1, 0.15) is 5.56 Å². The lowest BCUT2D eigenvalue weighted by molar-refractivity contribution is -0.130. The van der Waals surface area contributed by atoms with Gasteiger partial charge in [0, 0.05) is 39.6 Å². The highest BCUT2D eigenvalue weighted by Gasteiger charge is 2.14. The number of hydrogen-bond donors (Lipinski definition) is 2. The monoisotopic (exact) mass is 211 g/mol. The van der Waals surface area contributed by atoms with E-state index in [0.29, 0.717) is 6.54 Å². The van der Waals surface area contributed by atoms with Crippen LogP contribution in [0.15, 0.2) is 18.5 Å². The number of nitrogens with two attached hydrogens (primary N) is 1. The van der Waals surface area contributed by atoms with E-state index in [0.717, 1.165) is 5.56 Å². The summed E-state index contributed by atoms with van der Waals surface area (Å²) in [6.07, 6.45) is 3.32. The lowest BCUT2D eigenvalue weighted by Crippen LogP contribution is -2.40. The lowest BCUT2D eigenvalue weighted by atomic mass is 10.3. The quantitative estimate of drug-likeness (QED) is 0.697. The number of aryl methyl sites for hydroxylation is 1. The molecule has 0 spiro atoms. The van der Waals surface area contributed by atoms with E-state index in [-0.39, 0.29) is 12.5 Å². The number of hydrogen-bond acceptors (Lipinski definition) is 3. The zero-order valence-electron chi connectivity index (χ0n) is 9.06. The Bertz CT molecular complexity index is 318. The average Bonchev–Trinajstić information content (AvgIpc) is 2.63. The summed E-state index contributed by atoms with van der Waals surface area (Å²) >= 11 is 0. The molecule has 15 heavy (non-hydrogen) atoms. The molecule has 0 saturated carbocycles. The fraction of sp³-hybridized carbons (Fsp3) is 0.500. The van der Waals surface area contributed by atoms with E-state index in [9.17, 15) is 4.79 Å². The molecule has 5 heteroatoms. The van der Waals surface area contributed by atoms with E-state index in [1.54, 1.807) is 0 Å². The van der Waals surface area contributed by atoms with Gasteiger partial charge in [0.25, 0.3) is 5.91 Å². The molecule has 1 heterocycles. The maximum absolute atomic E-state index is 11.5. The van der Waals surface area contributed by atoms with E-state index in [4.69, 9.17) is 10.5 Å². The Kier molecular flexibility index (Phi) is 4.33. The molecule has 1 aromatic rings. The van der Waals surface area contributed by atoms with Crippen molar-refractivity contribution in [3.63, 3.8) is 0 Å². The molecule has 5 nitrogen and oxygen atoms in total. The molecule has 84 valence electrons. The van der Waals surface area contributed by atoms with Crippen LogP contribution in [0.4, 0.5) is 0 Å². The van der Waals surface area contributed by atoms with Gasteiger partial charge in [-0.05, 0) is 11.6 Å². The van der Waals surface area contributed by atoms with Gasteiger partial charge in [0.05, 0.1) is 0 Å².